The highest BCUT2D eigenvalue weighted by molar-refractivity contribution is 5.84. The summed E-state index contributed by atoms with van der Waals surface area (Å²) in [7, 11) is 0. The van der Waals surface area contributed by atoms with Gasteiger partial charge in [-0.05, 0) is 30.5 Å². The Balaban J connectivity index is 2.69. The van der Waals surface area contributed by atoms with Crippen LogP contribution < -0.4 is 5.32 Å². The molecule has 6 nitrogen and oxygen atoms in total. The van der Waals surface area contributed by atoms with Gasteiger partial charge in [-0.2, -0.15) is 0 Å². The minimum absolute atomic E-state index is 0.183. The minimum Gasteiger partial charge on any atom is -0.504 e. The lowest BCUT2D eigenvalue weighted by Gasteiger charge is -2.18. The fraction of sp³-hybridized carbons (Fsp3) is 0.579. The molecule has 1 atom stereocenters. The van der Waals surface area contributed by atoms with E-state index in [4.69, 9.17) is 4.74 Å². The molecule has 0 fully saturated rings. The van der Waals surface area contributed by atoms with Crippen LogP contribution in [0.1, 0.15) is 57.9 Å². The van der Waals surface area contributed by atoms with Gasteiger partial charge < -0.3 is 20.3 Å². The third kappa shape index (κ3) is 7.92. The first kappa shape index (κ1) is 20.8. The number of carbonyl (C=O) groups is 2. The van der Waals surface area contributed by atoms with Crippen molar-refractivity contribution in [3.05, 3.63) is 23.8 Å². The highest BCUT2D eigenvalue weighted by Crippen LogP contribution is 2.25. The zero-order chi connectivity index (χ0) is 18.7. The van der Waals surface area contributed by atoms with Crippen LogP contribution in [-0.4, -0.2) is 34.7 Å². The average Bonchev–Trinajstić information content (AvgIpc) is 2.59. The number of ether oxygens (including phenoxy) is 1. The molecule has 3 N–H and O–H groups in total. The monoisotopic (exact) mass is 351 g/mol. The van der Waals surface area contributed by atoms with Gasteiger partial charge in [-0.25, -0.2) is 4.79 Å². The lowest BCUT2D eigenvalue weighted by molar-refractivity contribution is -0.147. The van der Waals surface area contributed by atoms with Crippen molar-refractivity contribution in [3.63, 3.8) is 0 Å². The number of benzene rings is 1. The first-order valence-corrected chi connectivity index (χ1v) is 8.94. The summed E-state index contributed by atoms with van der Waals surface area (Å²) >= 11 is 0. The second kappa shape index (κ2) is 11.3. The van der Waals surface area contributed by atoms with Gasteiger partial charge in [-0.1, -0.05) is 39.2 Å². The number of esters is 1. The predicted octanol–water partition coefficient (Wildman–Crippen LogP) is 3.05. The Morgan fingerprint density at radius 2 is 1.84 bits per heavy atom. The van der Waals surface area contributed by atoms with Crippen LogP contribution >= 0.6 is 0 Å². The molecular weight excluding hydrogens is 322 g/mol. The molecule has 0 saturated heterocycles. The largest absolute Gasteiger partial charge is 0.504 e. The second-order valence-corrected chi connectivity index (χ2v) is 6.13. The van der Waals surface area contributed by atoms with Crippen LogP contribution in [0.2, 0.25) is 0 Å². The number of carbonyl (C=O) groups excluding carboxylic acids is 2. The lowest BCUT2D eigenvalue weighted by Crippen LogP contribution is -2.43. The predicted molar refractivity (Wildman–Crippen MR) is 95.4 cm³/mol. The number of hydrogen-bond donors (Lipinski definition) is 3. The Bertz CT molecular complexity index is 559. The van der Waals surface area contributed by atoms with Gasteiger partial charge in [0.05, 0.1) is 6.61 Å². The molecule has 0 bridgehead atoms. The molecule has 0 saturated carbocycles. The summed E-state index contributed by atoms with van der Waals surface area (Å²) in [5.74, 6) is -1.16. The van der Waals surface area contributed by atoms with Gasteiger partial charge in [0.25, 0.3) is 0 Å². The summed E-state index contributed by atoms with van der Waals surface area (Å²) in [5, 5.41) is 21.7. The number of phenols is 2. The lowest BCUT2D eigenvalue weighted by atomic mass is 10.0. The van der Waals surface area contributed by atoms with Crippen molar-refractivity contribution in [1.82, 2.24) is 5.32 Å². The van der Waals surface area contributed by atoms with Gasteiger partial charge in [0.1, 0.15) is 6.04 Å². The summed E-state index contributed by atoms with van der Waals surface area (Å²) in [6.07, 6.45) is 5.22. The summed E-state index contributed by atoms with van der Waals surface area (Å²) in [4.78, 5) is 24.3. The van der Waals surface area contributed by atoms with Crippen LogP contribution in [0.3, 0.4) is 0 Å². The Hall–Kier alpha value is -2.24. The molecule has 140 valence electrons. The number of hydrogen-bond acceptors (Lipinski definition) is 5. The van der Waals surface area contributed by atoms with E-state index in [1.807, 2.05) is 6.92 Å². The van der Waals surface area contributed by atoms with Crippen molar-refractivity contribution in [3.8, 4) is 11.5 Å². The summed E-state index contributed by atoms with van der Waals surface area (Å²) < 4.78 is 5.16. The average molecular weight is 351 g/mol. The molecule has 1 aromatic rings. The number of nitrogens with one attached hydrogen (secondary N) is 1. The Labute approximate surface area is 149 Å². The van der Waals surface area contributed by atoms with Gasteiger partial charge in [0.15, 0.2) is 11.5 Å². The van der Waals surface area contributed by atoms with Crippen LogP contribution in [-0.2, 0) is 20.7 Å². The smallest absolute Gasteiger partial charge is 0.328 e. The van der Waals surface area contributed by atoms with Crippen LogP contribution in [0.4, 0.5) is 0 Å². The van der Waals surface area contributed by atoms with Gasteiger partial charge in [-0.15, -0.1) is 0 Å². The maximum atomic E-state index is 12.2. The summed E-state index contributed by atoms with van der Waals surface area (Å²) in [5.41, 5.74) is 0.625. The third-order valence-corrected chi connectivity index (χ3v) is 3.81. The number of unbranched alkanes of at least 4 members (excludes halogenated alkanes) is 3. The molecule has 1 rings (SSSR count). The van der Waals surface area contributed by atoms with Crippen LogP contribution in [0.25, 0.3) is 0 Å². The Morgan fingerprint density at radius 3 is 2.48 bits per heavy atom. The maximum absolute atomic E-state index is 12.2. The number of rotatable bonds is 11. The molecule has 6 heteroatoms. The van der Waals surface area contributed by atoms with E-state index in [-0.39, 0.29) is 23.8 Å². The Morgan fingerprint density at radius 1 is 1.08 bits per heavy atom. The fourth-order valence-corrected chi connectivity index (χ4v) is 2.41. The summed E-state index contributed by atoms with van der Waals surface area (Å²) in [6.45, 7) is 4.29. The first-order chi connectivity index (χ1) is 12.0. The van der Waals surface area contributed by atoms with E-state index >= 15 is 0 Å². The topological polar surface area (TPSA) is 95.9 Å². The molecule has 1 aromatic carbocycles. The molecule has 25 heavy (non-hydrogen) atoms. The van der Waals surface area contributed by atoms with Crippen molar-refractivity contribution in [1.29, 1.82) is 0 Å². The molecule has 0 aliphatic rings. The SMILES string of the molecule is CCCCCCC(=O)N[C@@H](Cc1ccc(O)c(O)c1)C(=O)OCCC. The molecule has 0 radical (unpaired) electrons. The van der Waals surface area contributed by atoms with Gasteiger partial charge in [-0.3, -0.25) is 4.79 Å². The number of aromatic hydroxyl groups is 2. The van der Waals surface area contributed by atoms with Crippen molar-refractivity contribution < 1.29 is 24.5 Å². The zero-order valence-electron chi connectivity index (χ0n) is 15.1. The van der Waals surface area contributed by atoms with Crippen molar-refractivity contribution in [2.75, 3.05) is 6.61 Å². The van der Waals surface area contributed by atoms with Crippen molar-refractivity contribution in [2.24, 2.45) is 0 Å². The molecule has 1 amide bonds. The van der Waals surface area contributed by atoms with E-state index in [0.717, 1.165) is 25.7 Å². The van der Waals surface area contributed by atoms with Gasteiger partial charge in [0.2, 0.25) is 5.91 Å². The van der Waals surface area contributed by atoms with Gasteiger partial charge in [0, 0.05) is 12.8 Å². The fourth-order valence-electron chi connectivity index (χ4n) is 2.41. The van der Waals surface area contributed by atoms with E-state index < -0.39 is 12.0 Å². The van der Waals surface area contributed by atoms with Gasteiger partial charge >= 0.3 is 5.97 Å². The van der Waals surface area contributed by atoms with Crippen molar-refractivity contribution >= 4 is 11.9 Å². The molecular formula is C19H29NO5. The molecule has 0 aromatic heterocycles. The minimum atomic E-state index is -0.811. The van der Waals surface area contributed by atoms with E-state index in [9.17, 15) is 19.8 Å². The van der Waals surface area contributed by atoms with Crippen molar-refractivity contribution in [2.45, 2.75) is 64.8 Å². The van der Waals surface area contributed by atoms with Crippen LogP contribution in [0.15, 0.2) is 18.2 Å². The molecule has 0 spiro atoms. The van der Waals surface area contributed by atoms with E-state index in [1.54, 1.807) is 6.07 Å². The highest BCUT2D eigenvalue weighted by atomic mass is 16.5. The summed E-state index contributed by atoms with van der Waals surface area (Å²) in [6, 6.07) is 3.52. The molecule has 0 aliphatic carbocycles. The highest BCUT2D eigenvalue weighted by Gasteiger charge is 2.23. The van der Waals surface area contributed by atoms with Crippen LogP contribution in [0, 0.1) is 0 Å². The quantitative estimate of drug-likeness (QED) is 0.323. The van der Waals surface area contributed by atoms with E-state index in [2.05, 4.69) is 12.2 Å². The second-order valence-electron chi connectivity index (χ2n) is 6.13. The maximum Gasteiger partial charge on any atom is 0.328 e. The normalized spacial score (nSPS) is 11.8. The van der Waals surface area contributed by atoms with Crippen LogP contribution in [0.5, 0.6) is 11.5 Å². The third-order valence-electron chi connectivity index (χ3n) is 3.81. The molecule has 0 heterocycles. The zero-order valence-corrected chi connectivity index (χ0v) is 15.1. The molecule has 0 aliphatic heterocycles. The first-order valence-electron chi connectivity index (χ1n) is 8.94. The number of amides is 1. The Kier molecular flexibility index (Phi) is 9.43. The number of phenolic OH excluding ortho intramolecular Hbond substituents is 2. The molecule has 0 unspecified atom stereocenters. The standard InChI is InChI=1S/C19H29NO5/c1-3-5-6-7-8-18(23)20-15(19(24)25-11-4-2)12-14-9-10-16(21)17(22)13-14/h9-10,13,15,21-22H,3-8,11-12H2,1-2H3,(H,20,23)/t15-/m0/s1. The van der Waals surface area contributed by atoms with E-state index in [1.165, 1.54) is 12.1 Å². The van der Waals surface area contributed by atoms with E-state index in [0.29, 0.717) is 25.0 Å².